The molecule has 0 radical (unpaired) electrons. The molecule has 15 heavy (non-hydrogen) atoms. The van der Waals surface area contributed by atoms with E-state index in [1.165, 1.54) is 23.3 Å². The number of rotatable bonds is 7. The first kappa shape index (κ1) is 12.7. The first-order valence-corrected chi connectivity index (χ1v) is 6.59. The number of nitrogens with one attached hydrogen (secondary N) is 1. The maximum Gasteiger partial charge on any atom is 0.0302 e. The largest absolute Gasteiger partial charge is 0.330 e. The van der Waals surface area contributed by atoms with E-state index in [1.807, 2.05) is 11.3 Å². The topological polar surface area (TPSA) is 38.0 Å². The average Bonchev–Trinajstić information content (AvgIpc) is 2.63. The molecule has 1 rings (SSSR count). The van der Waals surface area contributed by atoms with Crippen molar-refractivity contribution in [3.63, 3.8) is 0 Å². The van der Waals surface area contributed by atoms with Gasteiger partial charge in [0, 0.05) is 11.4 Å². The van der Waals surface area contributed by atoms with Crippen LogP contribution in [0.1, 0.15) is 30.2 Å². The van der Waals surface area contributed by atoms with Gasteiger partial charge in [-0.25, -0.2) is 0 Å². The Morgan fingerprint density at radius 1 is 1.53 bits per heavy atom. The summed E-state index contributed by atoms with van der Waals surface area (Å²) in [6, 6.07) is 2.17. The summed E-state index contributed by atoms with van der Waals surface area (Å²) < 4.78 is 0. The third-order valence-electron chi connectivity index (χ3n) is 2.72. The molecule has 0 fully saturated rings. The Balaban J connectivity index is 2.23. The summed E-state index contributed by atoms with van der Waals surface area (Å²) in [5, 5.41) is 5.65. The SMILES string of the molecule is CCCC(CN)CNCc1sccc1C. The summed E-state index contributed by atoms with van der Waals surface area (Å²) in [6.45, 7) is 7.21. The molecule has 3 N–H and O–H groups in total. The van der Waals surface area contributed by atoms with Crippen LogP contribution in [0.5, 0.6) is 0 Å². The minimum absolute atomic E-state index is 0.635. The number of aryl methyl sites for hydroxylation is 1. The number of hydrogen-bond acceptors (Lipinski definition) is 3. The molecular formula is C12H22N2S. The fourth-order valence-corrected chi connectivity index (χ4v) is 2.56. The monoisotopic (exact) mass is 226 g/mol. The van der Waals surface area contributed by atoms with Crippen LogP contribution < -0.4 is 11.1 Å². The fraction of sp³-hybridized carbons (Fsp3) is 0.667. The van der Waals surface area contributed by atoms with Gasteiger partial charge in [-0.05, 0) is 49.4 Å². The van der Waals surface area contributed by atoms with Crippen LogP contribution in [-0.4, -0.2) is 13.1 Å². The van der Waals surface area contributed by atoms with Crippen LogP contribution in [0.15, 0.2) is 11.4 Å². The molecule has 1 heterocycles. The second-order valence-corrected chi connectivity index (χ2v) is 5.05. The lowest BCUT2D eigenvalue weighted by molar-refractivity contribution is 0.450. The van der Waals surface area contributed by atoms with Crippen molar-refractivity contribution >= 4 is 11.3 Å². The van der Waals surface area contributed by atoms with E-state index in [0.717, 1.165) is 19.6 Å². The Kier molecular flexibility index (Phi) is 5.91. The van der Waals surface area contributed by atoms with Crippen molar-refractivity contribution in [3.05, 3.63) is 21.9 Å². The Hall–Kier alpha value is -0.380. The molecule has 1 unspecified atom stereocenters. The summed E-state index contributed by atoms with van der Waals surface area (Å²) in [5.41, 5.74) is 7.11. The Labute approximate surface area is 96.9 Å². The molecule has 1 aromatic rings. The maximum absolute atomic E-state index is 5.71. The number of thiophene rings is 1. The van der Waals surface area contributed by atoms with Gasteiger partial charge in [0.05, 0.1) is 0 Å². The second kappa shape index (κ2) is 6.99. The van der Waals surface area contributed by atoms with Crippen molar-refractivity contribution in [2.24, 2.45) is 11.7 Å². The van der Waals surface area contributed by atoms with Gasteiger partial charge < -0.3 is 11.1 Å². The van der Waals surface area contributed by atoms with Crippen molar-refractivity contribution in [2.75, 3.05) is 13.1 Å². The van der Waals surface area contributed by atoms with E-state index in [1.54, 1.807) is 0 Å². The fourth-order valence-electron chi connectivity index (χ4n) is 1.69. The van der Waals surface area contributed by atoms with Gasteiger partial charge in [0.15, 0.2) is 0 Å². The summed E-state index contributed by atoms with van der Waals surface area (Å²) in [7, 11) is 0. The molecule has 0 bridgehead atoms. The molecule has 1 aromatic heterocycles. The van der Waals surface area contributed by atoms with E-state index in [-0.39, 0.29) is 0 Å². The van der Waals surface area contributed by atoms with E-state index in [4.69, 9.17) is 5.73 Å². The third-order valence-corrected chi connectivity index (χ3v) is 3.74. The van der Waals surface area contributed by atoms with Crippen molar-refractivity contribution in [2.45, 2.75) is 33.2 Å². The molecule has 0 aliphatic carbocycles. The summed E-state index contributed by atoms with van der Waals surface area (Å²) in [5.74, 6) is 0.635. The standard InChI is InChI=1S/C12H22N2S/c1-3-4-11(7-13)8-14-9-12-10(2)5-6-15-12/h5-6,11,14H,3-4,7-9,13H2,1-2H3. The van der Waals surface area contributed by atoms with Crippen molar-refractivity contribution < 1.29 is 0 Å². The van der Waals surface area contributed by atoms with E-state index < -0.39 is 0 Å². The zero-order chi connectivity index (χ0) is 11.1. The Bertz CT molecular complexity index is 270. The molecule has 1 atom stereocenters. The lowest BCUT2D eigenvalue weighted by Gasteiger charge is -2.14. The number of hydrogen-bond donors (Lipinski definition) is 2. The van der Waals surface area contributed by atoms with Gasteiger partial charge >= 0.3 is 0 Å². The molecule has 0 aliphatic heterocycles. The molecule has 0 spiro atoms. The maximum atomic E-state index is 5.71. The van der Waals surface area contributed by atoms with E-state index in [9.17, 15) is 0 Å². The summed E-state index contributed by atoms with van der Waals surface area (Å²) >= 11 is 1.83. The van der Waals surface area contributed by atoms with Gasteiger partial charge in [-0.1, -0.05) is 13.3 Å². The highest BCUT2D eigenvalue weighted by atomic mass is 32.1. The zero-order valence-electron chi connectivity index (χ0n) is 9.75. The second-order valence-electron chi connectivity index (χ2n) is 4.05. The predicted octanol–water partition coefficient (Wildman–Crippen LogP) is 2.52. The molecule has 2 nitrogen and oxygen atoms in total. The molecule has 0 saturated heterocycles. The van der Waals surface area contributed by atoms with Gasteiger partial charge in [-0.2, -0.15) is 0 Å². The van der Waals surface area contributed by atoms with Crippen LogP contribution >= 0.6 is 11.3 Å². The molecule has 0 amide bonds. The van der Waals surface area contributed by atoms with Crippen LogP contribution in [-0.2, 0) is 6.54 Å². The van der Waals surface area contributed by atoms with Gasteiger partial charge in [0.1, 0.15) is 0 Å². The third kappa shape index (κ3) is 4.33. The molecule has 86 valence electrons. The smallest absolute Gasteiger partial charge is 0.0302 e. The minimum atomic E-state index is 0.635. The molecule has 0 aromatic carbocycles. The Morgan fingerprint density at radius 3 is 2.87 bits per heavy atom. The van der Waals surface area contributed by atoms with Crippen molar-refractivity contribution in [3.8, 4) is 0 Å². The highest BCUT2D eigenvalue weighted by molar-refractivity contribution is 7.10. The summed E-state index contributed by atoms with van der Waals surface area (Å²) in [4.78, 5) is 1.45. The zero-order valence-corrected chi connectivity index (χ0v) is 10.6. The Morgan fingerprint density at radius 2 is 2.33 bits per heavy atom. The van der Waals surface area contributed by atoms with Gasteiger partial charge in [0.2, 0.25) is 0 Å². The number of nitrogens with two attached hydrogens (primary N) is 1. The van der Waals surface area contributed by atoms with Crippen molar-refractivity contribution in [1.29, 1.82) is 0 Å². The van der Waals surface area contributed by atoms with Crippen LogP contribution in [0.4, 0.5) is 0 Å². The van der Waals surface area contributed by atoms with E-state index in [0.29, 0.717) is 5.92 Å². The molecule has 3 heteroatoms. The highest BCUT2D eigenvalue weighted by Gasteiger charge is 2.05. The first-order chi connectivity index (χ1) is 7.27. The average molecular weight is 226 g/mol. The normalized spacial score (nSPS) is 13.0. The first-order valence-electron chi connectivity index (χ1n) is 5.71. The lowest BCUT2D eigenvalue weighted by Crippen LogP contribution is -2.27. The van der Waals surface area contributed by atoms with E-state index in [2.05, 4.69) is 30.6 Å². The molecule has 0 aliphatic rings. The molecular weight excluding hydrogens is 204 g/mol. The van der Waals surface area contributed by atoms with E-state index >= 15 is 0 Å². The van der Waals surface area contributed by atoms with Crippen molar-refractivity contribution in [1.82, 2.24) is 5.32 Å². The van der Waals surface area contributed by atoms with Crippen LogP contribution in [0.3, 0.4) is 0 Å². The highest BCUT2D eigenvalue weighted by Crippen LogP contribution is 2.15. The molecule has 0 saturated carbocycles. The van der Waals surface area contributed by atoms with Crippen LogP contribution in [0, 0.1) is 12.8 Å². The van der Waals surface area contributed by atoms with Crippen LogP contribution in [0.25, 0.3) is 0 Å². The summed E-state index contributed by atoms with van der Waals surface area (Å²) in [6.07, 6.45) is 2.45. The van der Waals surface area contributed by atoms with Gasteiger partial charge in [0.25, 0.3) is 0 Å². The van der Waals surface area contributed by atoms with Gasteiger partial charge in [-0.3, -0.25) is 0 Å². The van der Waals surface area contributed by atoms with Gasteiger partial charge in [-0.15, -0.1) is 11.3 Å². The van der Waals surface area contributed by atoms with Crippen LogP contribution in [0.2, 0.25) is 0 Å². The predicted molar refractivity (Wildman–Crippen MR) is 68.2 cm³/mol. The minimum Gasteiger partial charge on any atom is -0.330 e. The quantitative estimate of drug-likeness (QED) is 0.750. The lowest BCUT2D eigenvalue weighted by atomic mass is 10.0.